The molecule has 0 aliphatic carbocycles. The number of aromatic nitrogens is 2. The minimum absolute atomic E-state index is 0.0282. The standard InChI is InChI=1S/C9H8F3N3/c1-5-6-3-2-4-7(13)15(6)8(14-5)9(10,11)12/h2-4H,13H2,1H3. The van der Waals surface area contributed by atoms with Crippen LogP contribution >= 0.6 is 0 Å². The number of halogens is 3. The molecule has 0 aliphatic heterocycles. The van der Waals surface area contributed by atoms with Gasteiger partial charge in [-0.2, -0.15) is 13.2 Å². The molecule has 2 rings (SSSR count). The number of nitrogen functional groups attached to an aromatic ring is 1. The van der Waals surface area contributed by atoms with E-state index in [1.807, 2.05) is 0 Å². The lowest BCUT2D eigenvalue weighted by atomic mass is 10.3. The van der Waals surface area contributed by atoms with Gasteiger partial charge in [0, 0.05) is 0 Å². The second-order valence-corrected chi connectivity index (χ2v) is 3.19. The van der Waals surface area contributed by atoms with Crippen molar-refractivity contribution in [2.45, 2.75) is 13.1 Å². The van der Waals surface area contributed by atoms with Crippen LogP contribution in [-0.4, -0.2) is 9.38 Å². The fourth-order valence-corrected chi connectivity index (χ4v) is 1.50. The maximum absolute atomic E-state index is 12.6. The largest absolute Gasteiger partial charge is 0.450 e. The van der Waals surface area contributed by atoms with Crippen molar-refractivity contribution in [3.05, 3.63) is 29.7 Å². The Morgan fingerprint density at radius 3 is 2.60 bits per heavy atom. The van der Waals surface area contributed by atoms with Crippen LogP contribution in [0.25, 0.3) is 5.52 Å². The van der Waals surface area contributed by atoms with Gasteiger partial charge < -0.3 is 5.73 Å². The quantitative estimate of drug-likeness (QED) is 0.732. The normalized spacial score (nSPS) is 12.3. The molecule has 0 aliphatic rings. The number of fused-ring (bicyclic) bond motifs is 1. The molecule has 2 aromatic rings. The van der Waals surface area contributed by atoms with E-state index in [9.17, 15) is 13.2 Å². The highest BCUT2D eigenvalue weighted by atomic mass is 19.4. The first-order valence-electron chi connectivity index (χ1n) is 4.22. The molecule has 6 heteroatoms. The van der Waals surface area contributed by atoms with E-state index >= 15 is 0 Å². The lowest BCUT2D eigenvalue weighted by molar-refractivity contribution is -0.145. The van der Waals surface area contributed by atoms with Crippen LogP contribution in [0.1, 0.15) is 11.5 Å². The number of hydrogen-bond acceptors (Lipinski definition) is 2. The summed E-state index contributed by atoms with van der Waals surface area (Å²) in [4.78, 5) is 3.48. The fourth-order valence-electron chi connectivity index (χ4n) is 1.50. The van der Waals surface area contributed by atoms with Gasteiger partial charge in [0.2, 0.25) is 5.82 Å². The summed E-state index contributed by atoms with van der Waals surface area (Å²) in [5.41, 5.74) is 6.18. The van der Waals surface area contributed by atoms with Crippen molar-refractivity contribution in [1.29, 1.82) is 0 Å². The Labute approximate surface area is 83.3 Å². The minimum Gasteiger partial charge on any atom is -0.385 e. The first kappa shape index (κ1) is 9.82. The van der Waals surface area contributed by atoms with Gasteiger partial charge in [0.1, 0.15) is 5.82 Å². The first-order valence-corrected chi connectivity index (χ1v) is 4.22. The predicted octanol–water partition coefficient (Wildman–Crippen LogP) is 2.24. The average Bonchev–Trinajstić information content (AvgIpc) is 2.45. The molecule has 0 radical (unpaired) electrons. The third kappa shape index (κ3) is 1.42. The van der Waals surface area contributed by atoms with E-state index in [0.717, 1.165) is 4.40 Å². The van der Waals surface area contributed by atoms with Gasteiger partial charge in [-0.3, -0.25) is 4.40 Å². The van der Waals surface area contributed by atoms with Crippen LogP contribution in [0.4, 0.5) is 19.0 Å². The molecule has 0 saturated heterocycles. The van der Waals surface area contributed by atoms with Gasteiger partial charge >= 0.3 is 6.18 Å². The summed E-state index contributed by atoms with van der Waals surface area (Å²) < 4.78 is 38.6. The third-order valence-corrected chi connectivity index (χ3v) is 2.13. The zero-order valence-electron chi connectivity index (χ0n) is 7.84. The third-order valence-electron chi connectivity index (χ3n) is 2.13. The van der Waals surface area contributed by atoms with E-state index in [0.29, 0.717) is 11.2 Å². The summed E-state index contributed by atoms with van der Waals surface area (Å²) >= 11 is 0. The summed E-state index contributed by atoms with van der Waals surface area (Å²) in [5.74, 6) is -0.950. The van der Waals surface area contributed by atoms with Gasteiger partial charge in [-0.1, -0.05) is 6.07 Å². The molecule has 2 aromatic heterocycles. The van der Waals surface area contributed by atoms with Crippen molar-refractivity contribution < 1.29 is 13.2 Å². The first-order chi connectivity index (χ1) is 6.91. The van der Waals surface area contributed by atoms with Gasteiger partial charge in [0.15, 0.2) is 0 Å². The summed E-state index contributed by atoms with van der Waals surface area (Å²) in [6.45, 7) is 1.52. The van der Waals surface area contributed by atoms with E-state index in [2.05, 4.69) is 4.98 Å². The highest BCUT2D eigenvalue weighted by molar-refractivity contribution is 5.58. The summed E-state index contributed by atoms with van der Waals surface area (Å²) in [6.07, 6.45) is -4.49. The van der Waals surface area contributed by atoms with E-state index in [1.54, 1.807) is 12.1 Å². The molecule has 0 amide bonds. The number of alkyl halides is 3. The summed E-state index contributed by atoms with van der Waals surface area (Å²) in [7, 11) is 0. The van der Waals surface area contributed by atoms with Crippen LogP contribution < -0.4 is 5.73 Å². The van der Waals surface area contributed by atoms with Crippen molar-refractivity contribution in [2.75, 3.05) is 5.73 Å². The molecule has 0 fully saturated rings. The number of hydrogen-bond donors (Lipinski definition) is 1. The Bertz CT molecular complexity index is 513. The van der Waals surface area contributed by atoms with Crippen LogP contribution in [0, 0.1) is 6.92 Å². The minimum atomic E-state index is -4.49. The van der Waals surface area contributed by atoms with Gasteiger partial charge in [-0.15, -0.1) is 0 Å². The number of aryl methyl sites for hydroxylation is 1. The topological polar surface area (TPSA) is 43.3 Å². The second kappa shape index (κ2) is 2.88. The van der Waals surface area contributed by atoms with Crippen LogP contribution in [0.3, 0.4) is 0 Å². The molecule has 0 bridgehead atoms. The number of nitrogens with zero attached hydrogens (tertiary/aromatic N) is 2. The molecule has 0 saturated carbocycles. The molecule has 0 aromatic carbocycles. The van der Waals surface area contributed by atoms with Crippen LogP contribution in [0.2, 0.25) is 0 Å². The Kier molecular flexibility index (Phi) is 1.89. The Balaban J connectivity index is 2.88. The molecule has 2 heterocycles. The maximum Gasteiger partial charge on any atom is 0.450 e. The summed E-state index contributed by atoms with van der Waals surface area (Å²) in [5, 5.41) is 0. The van der Waals surface area contributed by atoms with Crippen molar-refractivity contribution in [2.24, 2.45) is 0 Å². The SMILES string of the molecule is Cc1nc(C(F)(F)F)n2c(N)cccc12. The van der Waals surface area contributed by atoms with Gasteiger partial charge in [0.25, 0.3) is 0 Å². The molecule has 2 N–H and O–H groups in total. The van der Waals surface area contributed by atoms with Crippen molar-refractivity contribution in [3.63, 3.8) is 0 Å². The molecule has 0 atom stereocenters. The fraction of sp³-hybridized carbons (Fsp3) is 0.222. The molecule has 0 unspecified atom stereocenters. The monoisotopic (exact) mass is 215 g/mol. The number of rotatable bonds is 0. The number of imidazole rings is 1. The number of anilines is 1. The lowest BCUT2D eigenvalue weighted by Crippen LogP contribution is -2.12. The van der Waals surface area contributed by atoms with E-state index in [4.69, 9.17) is 5.73 Å². The molecular weight excluding hydrogens is 207 g/mol. The summed E-state index contributed by atoms with van der Waals surface area (Å²) in [6, 6.07) is 4.55. The van der Waals surface area contributed by atoms with Crippen LogP contribution in [0.15, 0.2) is 18.2 Å². The zero-order chi connectivity index (χ0) is 11.2. The number of nitrogens with two attached hydrogens (primary N) is 1. The van der Waals surface area contributed by atoms with E-state index in [-0.39, 0.29) is 5.82 Å². The van der Waals surface area contributed by atoms with Crippen molar-refractivity contribution in [3.8, 4) is 0 Å². The second-order valence-electron chi connectivity index (χ2n) is 3.19. The molecule has 3 nitrogen and oxygen atoms in total. The van der Waals surface area contributed by atoms with Gasteiger partial charge in [-0.25, -0.2) is 4.98 Å². The highest BCUT2D eigenvalue weighted by Gasteiger charge is 2.37. The molecule has 15 heavy (non-hydrogen) atoms. The lowest BCUT2D eigenvalue weighted by Gasteiger charge is -2.06. The predicted molar refractivity (Wildman–Crippen MR) is 49.3 cm³/mol. The molecule has 0 spiro atoms. The van der Waals surface area contributed by atoms with E-state index in [1.165, 1.54) is 13.0 Å². The van der Waals surface area contributed by atoms with Crippen molar-refractivity contribution in [1.82, 2.24) is 9.38 Å². The van der Waals surface area contributed by atoms with Gasteiger partial charge in [-0.05, 0) is 19.1 Å². The average molecular weight is 215 g/mol. The number of pyridine rings is 1. The van der Waals surface area contributed by atoms with E-state index < -0.39 is 12.0 Å². The Hall–Kier alpha value is -1.72. The smallest absolute Gasteiger partial charge is 0.385 e. The van der Waals surface area contributed by atoms with Crippen molar-refractivity contribution >= 4 is 11.3 Å². The van der Waals surface area contributed by atoms with Gasteiger partial charge in [0.05, 0.1) is 11.2 Å². The maximum atomic E-state index is 12.6. The Morgan fingerprint density at radius 1 is 1.33 bits per heavy atom. The van der Waals surface area contributed by atoms with Crippen LogP contribution in [0.5, 0.6) is 0 Å². The Morgan fingerprint density at radius 2 is 2.00 bits per heavy atom. The molecule has 80 valence electrons. The zero-order valence-corrected chi connectivity index (χ0v) is 7.84. The van der Waals surface area contributed by atoms with Crippen LogP contribution in [-0.2, 0) is 6.18 Å². The highest BCUT2D eigenvalue weighted by Crippen LogP contribution is 2.31. The molecular formula is C9H8F3N3.